The maximum absolute atomic E-state index is 10.1. The van der Waals surface area contributed by atoms with Gasteiger partial charge in [-0.1, -0.05) is 6.92 Å². The molecule has 1 N–H and O–H groups in total. The minimum absolute atomic E-state index is 0.341. The van der Waals surface area contributed by atoms with Crippen LogP contribution in [0.2, 0.25) is 0 Å². The molecule has 0 radical (unpaired) electrons. The van der Waals surface area contributed by atoms with Crippen LogP contribution in [0.1, 0.15) is 19.8 Å². The highest BCUT2D eigenvalue weighted by Crippen LogP contribution is 2.02. The third-order valence-corrected chi connectivity index (χ3v) is 1.14. The molecule has 0 spiro atoms. The summed E-state index contributed by atoms with van der Waals surface area (Å²) in [5, 5.41) is 8.29. The van der Waals surface area contributed by atoms with E-state index < -0.39 is 11.9 Å². The topological polar surface area (TPSA) is 54.4 Å². The van der Waals surface area contributed by atoms with E-state index in [-0.39, 0.29) is 0 Å². The van der Waals surface area contributed by atoms with E-state index in [1.807, 2.05) is 0 Å². The van der Waals surface area contributed by atoms with E-state index in [2.05, 4.69) is 0 Å². The van der Waals surface area contributed by atoms with Crippen molar-refractivity contribution in [3.05, 3.63) is 0 Å². The molecule has 3 nitrogen and oxygen atoms in total. The molecule has 0 saturated heterocycles. The Kier molecular flexibility index (Phi) is 3.67. The molecule has 1 atom stereocenters. The van der Waals surface area contributed by atoms with Crippen LogP contribution in [0.15, 0.2) is 0 Å². The van der Waals surface area contributed by atoms with Crippen molar-refractivity contribution in [3.8, 4) is 0 Å². The minimum atomic E-state index is -0.836. The zero-order chi connectivity index (χ0) is 7.28. The number of aldehydes is 1. The summed E-state index contributed by atoms with van der Waals surface area (Å²) in [5.74, 6) is -1.23. The second-order valence-corrected chi connectivity index (χ2v) is 1.98. The molecule has 0 aliphatic rings. The van der Waals surface area contributed by atoms with E-state index in [9.17, 15) is 9.59 Å². The first kappa shape index (κ1) is 8.14. The van der Waals surface area contributed by atoms with Gasteiger partial charge in [0.1, 0.15) is 6.29 Å². The average molecular weight is 130 g/mol. The molecule has 1 unspecified atom stereocenters. The number of hydrogen-bond acceptors (Lipinski definition) is 2. The lowest BCUT2D eigenvalue weighted by Crippen LogP contribution is -2.08. The van der Waals surface area contributed by atoms with Crippen LogP contribution in [0.4, 0.5) is 0 Å². The molecule has 0 aliphatic heterocycles. The Labute approximate surface area is 53.7 Å². The standard InChI is InChI=1S/C6H10O3/c1-5(6(8)9)3-2-4-7/h4-5H,2-3H2,1H3,(H,8,9). The molecule has 0 aromatic rings. The summed E-state index contributed by atoms with van der Waals surface area (Å²) in [7, 11) is 0. The zero-order valence-electron chi connectivity index (χ0n) is 5.33. The Balaban J connectivity index is 3.37. The van der Waals surface area contributed by atoms with Gasteiger partial charge in [0.25, 0.3) is 0 Å². The van der Waals surface area contributed by atoms with Gasteiger partial charge in [0.2, 0.25) is 0 Å². The van der Waals surface area contributed by atoms with E-state index in [0.29, 0.717) is 12.8 Å². The first-order valence-electron chi connectivity index (χ1n) is 2.85. The van der Waals surface area contributed by atoms with Crippen LogP contribution < -0.4 is 0 Å². The van der Waals surface area contributed by atoms with E-state index in [1.54, 1.807) is 6.92 Å². The molecule has 0 aromatic carbocycles. The van der Waals surface area contributed by atoms with Crippen LogP contribution in [0.5, 0.6) is 0 Å². The predicted octanol–water partition coefficient (Wildman–Crippen LogP) is 0.686. The fourth-order valence-electron chi connectivity index (χ4n) is 0.442. The van der Waals surface area contributed by atoms with Gasteiger partial charge < -0.3 is 9.90 Å². The molecule has 3 heteroatoms. The molecule has 0 heterocycles. The van der Waals surface area contributed by atoms with Gasteiger partial charge in [-0.15, -0.1) is 0 Å². The van der Waals surface area contributed by atoms with Crippen LogP contribution in [0.25, 0.3) is 0 Å². The van der Waals surface area contributed by atoms with E-state index in [0.717, 1.165) is 6.29 Å². The van der Waals surface area contributed by atoms with Crippen LogP contribution in [0, 0.1) is 5.92 Å². The summed E-state index contributed by atoms with van der Waals surface area (Å²) in [5.41, 5.74) is 0. The number of carbonyl (C=O) groups excluding carboxylic acids is 1. The van der Waals surface area contributed by atoms with Crippen molar-refractivity contribution >= 4 is 12.3 Å². The second kappa shape index (κ2) is 4.06. The predicted molar refractivity (Wildman–Crippen MR) is 32.1 cm³/mol. The van der Waals surface area contributed by atoms with Gasteiger partial charge >= 0.3 is 5.97 Å². The van der Waals surface area contributed by atoms with Gasteiger partial charge in [-0.3, -0.25) is 4.79 Å². The normalized spacial score (nSPS) is 12.6. The lowest BCUT2D eigenvalue weighted by Gasteiger charge is -1.99. The molecule has 0 amide bonds. The Morgan fingerprint density at radius 2 is 2.33 bits per heavy atom. The van der Waals surface area contributed by atoms with Crippen LogP contribution in [0.3, 0.4) is 0 Å². The van der Waals surface area contributed by atoms with Gasteiger partial charge in [-0.2, -0.15) is 0 Å². The number of rotatable bonds is 4. The summed E-state index contributed by atoms with van der Waals surface area (Å²) in [6.07, 6.45) is 1.52. The monoisotopic (exact) mass is 130 g/mol. The Morgan fingerprint density at radius 3 is 2.67 bits per heavy atom. The Bertz CT molecular complexity index is 109. The number of carboxylic acid groups (broad SMARTS) is 1. The summed E-state index contributed by atoms with van der Waals surface area (Å²) in [4.78, 5) is 19.8. The third kappa shape index (κ3) is 3.70. The zero-order valence-corrected chi connectivity index (χ0v) is 5.33. The van der Waals surface area contributed by atoms with Crippen molar-refractivity contribution in [1.82, 2.24) is 0 Å². The quantitative estimate of drug-likeness (QED) is 0.569. The lowest BCUT2D eigenvalue weighted by atomic mass is 10.1. The number of carboxylic acids is 1. The highest BCUT2D eigenvalue weighted by atomic mass is 16.4. The van der Waals surface area contributed by atoms with E-state index in [4.69, 9.17) is 5.11 Å². The summed E-state index contributed by atoms with van der Waals surface area (Å²) in [6.45, 7) is 1.59. The van der Waals surface area contributed by atoms with Crippen molar-refractivity contribution in [2.75, 3.05) is 0 Å². The summed E-state index contributed by atoms with van der Waals surface area (Å²) < 4.78 is 0. The first-order valence-corrected chi connectivity index (χ1v) is 2.85. The van der Waals surface area contributed by atoms with Gasteiger partial charge in [0.05, 0.1) is 5.92 Å². The second-order valence-electron chi connectivity index (χ2n) is 1.98. The molecule has 0 rings (SSSR count). The van der Waals surface area contributed by atoms with Gasteiger partial charge in [-0.25, -0.2) is 0 Å². The van der Waals surface area contributed by atoms with Gasteiger partial charge in [0.15, 0.2) is 0 Å². The number of hydrogen-bond donors (Lipinski definition) is 1. The highest BCUT2D eigenvalue weighted by molar-refractivity contribution is 5.69. The van der Waals surface area contributed by atoms with Crippen molar-refractivity contribution in [3.63, 3.8) is 0 Å². The number of carbonyl (C=O) groups is 2. The fourth-order valence-corrected chi connectivity index (χ4v) is 0.442. The van der Waals surface area contributed by atoms with Crippen LogP contribution in [-0.4, -0.2) is 17.4 Å². The van der Waals surface area contributed by atoms with E-state index in [1.165, 1.54) is 0 Å². The molecular weight excluding hydrogens is 120 g/mol. The molecule has 52 valence electrons. The lowest BCUT2D eigenvalue weighted by molar-refractivity contribution is -0.141. The SMILES string of the molecule is CC(CCC=O)C(=O)O. The molecule has 0 aromatic heterocycles. The first-order chi connectivity index (χ1) is 4.18. The van der Waals surface area contributed by atoms with E-state index >= 15 is 0 Å². The van der Waals surface area contributed by atoms with Crippen molar-refractivity contribution in [2.45, 2.75) is 19.8 Å². The Morgan fingerprint density at radius 1 is 1.78 bits per heavy atom. The molecule has 0 fully saturated rings. The highest BCUT2D eigenvalue weighted by Gasteiger charge is 2.08. The molecule has 9 heavy (non-hydrogen) atoms. The minimum Gasteiger partial charge on any atom is -0.481 e. The van der Waals surface area contributed by atoms with Crippen LogP contribution >= 0.6 is 0 Å². The number of aliphatic carboxylic acids is 1. The largest absolute Gasteiger partial charge is 0.481 e. The van der Waals surface area contributed by atoms with Gasteiger partial charge in [-0.05, 0) is 6.42 Å². The van der Waals surface area contributed by atoms with Gasteiger partial charge in [0, 0.05) is 6.42 Å². The maximum atomic E-state index is 10.1. The van der Waals surface area contributed by atoms with Crippen LogP contribution in [-0.2, 0) is 9.59 Å². The smallest absolute Gasteiger partial charge is 0.306 e. The summed E-state index contributed by atoms with van der Waals surface area (Å²) in [6, 6.07) is 0. The third-order valence-electron chi connectivity index (χ3n) is 1.14. The van der Waals surface area contributed by atoms with Crippen molar-refractivity contribution in [2.24, 2.45) is 5.92 Å². The average Bonchev–Trinajstić information content (AvgIpc) is 1.82. The van der Waals surface area contributed by atoms with Crippen molar-refractivity contribution in [1.29, 1.82) is 0 Å². The molecule has 0 saturated carbocycles. The molecule has 0 bridgehead atoms. The molecular formula is C6H10O3. The molecule has 0 aliphatic carbocycles. The Hall–Kier alpha value is -0.860. The van der Waals surface area contributed by atoms with Crippen molar-refractivity contribution < 1.29 is 14.7 Å². The maximum Gasteiger partial charge on any atom is 0.306 e. The summed E-state index contributed by atoms with van der Waals surface area (Å²) >= 11 is 0. The fraction of sp³-hybridized carbons (Fsp3) is 0.667.